The van der Waals surface area contributed by atoms with E-state index in [-0.39, 0.29) is 11.5 Å². The Labute approximate surface area is 212 Å². The molecule has 1 amide bonds. The van der Waals surface area contributed by atoms with Gasteiger partial charge in [-0.15, -0.1) is 0 Å². The van der Waals surface area contributed by atoms with Crippen LogP contribution in [0.1, 0.15) is 15.9 Å². The van der Waals surface area contributed by atoms with Crippen LogP contribution in [0.15, 0.2) is 102 Å². The molecule has 0 radical (unpaired) electrons. The molecule has 0 bridgehead atoms. The van der Waals surface area contributed by atoms with E-state index in [0.29, 0.717) is 48.2 Å². The van der Waals surface area contributed by atoms with Gasteiger partial charge in [0.2, 0.25) is 0 Å². The van der Waals surface area contributed by atoms with E-state index >= 15 is 0 Å². The Bertz CT molecular complexity index is 1680. The van der Waals surface area contributed by atoms with E-state index in [2.05, 4.69) is 5.32 Å². The fraction of sp³-hybridized carbons (Fsp3) is 0.100. The number of ether oxygens (including phenoxy) is 2. The average molecular weight is 490 g/mol. The zero-order chi connectivity index (χ0) is 25.2. The highest BCUT2D eigenvalue weighted by atomic mass is 16.6. The number of carbonyl (C=O) groups is 1. The molecule has 6 rings (SSSR count). The van der Waals surface area contributed by atoms with Gasteiger partial charge in [-0.2, -0.15) is 0 Å². The van der Waals surface area contributed by atoms with Crippen LogP contribution < -0.4 is 20.3 Å². The van der Waals surface area contributed by atoms with Crippen LogP contribution in [0, 0.1) is 0 Å². The molecule has 0 spiro atoms. The van der Waals surface area contributed by atoms with Crippen LogP contribution in [-0.2, 0) is 6.54 Å². The molecule has 3 heterocycles. The summed E-state index contributed by atoms with van der Waals surface area (Å²) in [4.78, 5) is 30.2. The number of hydrogen-bond acceptors (Lipinski definition) is 5. The van der Waals surface area contributed by atoms with Crippen molar-refractivity contribution in [3.05, 3.63) is 119 Å². The first kappa shape index (κ1) is 22.5. The van der Waals surface area contributed by atoms with Crippen LogP contribution in [0.25, 0.3) is 22.2 Å². The zero-order valence-electron chi connectivity index (χ0n) is 19.9. The molecule has 1 N–H and O–H groups in total. The van der Waals surface area contributed by atoms with Crippen LogP contribution in [0.3, 0.4) is 0 Å². The number of carbonyl (C=O) groups excluding carboxylic acids is 1. The maximum Gasteiger partial charge on any atom is 0.256 e. The lowest BCUT2D eigenvalue weighted by Gasteiger charge is -2.19. The lowest BCUT2D eigenvalue weighted by Crippen LogP contribution is -2.18. The Morgan fingerprint density at radius 3 is 2.49 bits per heavy atom. The molecule has 182 valence electrons. The number of benzene rings is 3. The first-order valence-electron chi connectivity index (χ1n) is 12.0. The van der Waals surface area contributed by atoms with Crippen molar-refractivity contribution in [1.29, 1.82) is 0 Å². The molecule has 5 aromatic rings. The van der Waals surface area contributed by atoms with Crippen LogP contribution >= 0.6 is 0 Å². The predicted molar refractivity (Wildman–Crippen MR) is 142 cm³/mol. The number of rotatable bonds is 5. The Hall–Kier alpha value is -4.91. The van der Waals surface area contributed by atoms with Crippen molar-refractivity contribution < 1.29 is 14.3 Å². The van der Waals surface area contributed by atoms with Gasteiger partial charge in [0.25, 0.3) is 11.5 Å². The fourth-order valence-corrected chi connectivity index (χ4v) is 4.39. The van der Waals surface area contributed by atoms with Crippen molar-refractivity contribution in [3.8, 4) is 22.8 Å². The minimum atomic E-state index is -0.232. The first-order valence-corrected chi connectivity index (χ1v) is 12.0. The summed E-state index contributed by atoms with van der Waals surface area (Å²) in [5, 5.41) is 3.77. The second-order valence-corrected chi connectivity index (χ2v) is 8.75. The standard InChI is InChI=1S/C30H23N3O4/c34-29-7-3-4-14-33(29)19-20-8-11-22(12-9-20)31-30(35)24-18-26(32-25-6-2-1-5-23(24)25)21-10-13-27-28(17-21)37-16-15-36-27/h1-14,17-18H,15-16,19H2,(H,31,35). The van der Waals surface area contributed by atoms with E-state index < -0.39 is 0 Å². The van der Waals surface area contributed by atoms with Crippen LogP contribution in [-0.4, -0.2) is 28.7 Å². The van der Waals surface area contributed by atoms with Gasteiger partial charge in [-0.1, -0.05) is 36.4 Å². The van der Waals surface area contributed by atoms with Gasteiger partial charge in [0, 0.05) is 28.9 Å². The molecule has 7 nitrogen and oxygen atoms in total. The van der Waals surface area contributed by atoms with Gasteiger partial charge >= 0.3 is 0 Å². The van der Waals surface area contributed by atoms with Gasteiger partial charge in [0.15, 0.2) is 11.5 Å². The van der Waals surface area contributed by atoms with Crippen LogP contribution in [0.2, 0.25) is 0 Å². The smallest absolute Gasteiger partial charge is 0.256 e. The maximum atomic E-state index is 13.4. The van der Waals surface area contributed by atoms with E-state index in [4.69, 9.17) is 14.5 Å². The summed E-state index contributed by atoms with van der Waals surface area (Å²) in [6.07, 6.45) is 1.76. The van der Waals surface area contributed by atoms with Gasteiger partial charge in [-0.05, 0) is 54.1 Å². The van der Waals surface area contributed by atoms with Crippen LogP contribution in [0.5, 0.6) is 11.5 Å². The Kier molecular flexibility index (Phi) is 5.86. The van der Waals surface area contributed by atoms with E-state index in [1.807, 2.05) is 72.8 Å². The number of fused-ring (bicyclic) bond motifs is 2. The SMILES string of the molecule is O=C(Nc1ccc(Cn2ccccc2=O)cc1)c1cc(-c2ccc3c(c2)OCCO3)nc2ccccc12. The molecule has 0 saturated heterocycles. The molecule has 37 heavy (non-hydrogen) atoms. The van der Waals surface area contributed by atoms with Crippen molar-refractivity contribution >= 4 is 22.5 Å². The second-order valence-electron chi connectivity index (χ2n) is 8.75. The molecule has 7 heteroatoms. The molecule has 0 fully saturated rings. The highest BCUT2D eigenvalue weighted by molar-refractivity contribution is 6.13. The minimum absolute atomic E-state index is 0.0572. The van der Waals surface area contributed by atoms with E-state index in [0.717, 1.165) is 22.0 Å². The monoisotopic (exact) mass is 489 g/mol. The number of aromatic nitrogens is 2. The maximum absolute atomic E-state index is 13.4. The third kappa shape index (κ3) is 4.67. The normalized spacial score (nSPS) is 12.3. The number of amides is 1. The summed E-state index contributed by atoms with van der Waals surface area (Å²) in [7, 11) is 0. The third-order valence-corrected chi connectivity index (χ3v) is 6.26. The summed E-state index contributed by atoms with van der Waals surface area (Å²) < 4.78 is 13.0. The fourth-order valence-electron chi connectivity index (χ4n) is 4.39. The topological polar surface area (TPSA) is 82.5 Å². The lowest BCUT2D eigenvalue weighted by atomic mass is 10.0. The summed E-state index contributed by atoms with van der Waals surface area (Å²) in [6, 6.07) is 27.6. The lowest BCUT2D eigenvalue weighted by molar-refractivity contribution is 0.102. The zero-order valence-corrected chi connectivity index (χ0v) is 19.9. The molecule has 0 saturated carbocycles. The molecule has 0 atom stereocenters. The van der Waals surface area contributed by atoms with Crippen molar-refractivity contribution in [3.63, 3.8) is 0 Å². The van der Waals surface area contributed by atoms with E-state index in [1.54, 1.807) is 22.9 Å². The minimum Gasteiger partial charge on any atom is -0.486 e. The summed E-state index contributed by atoms with van der Waals surface area (Å²) >= 11 is 0. The van der Waals surface area contributed by atoms with Gasteiger partial charge < -0.3 is 19.4 Å². The number of nitrogens with one attached hydrogen (secondary N) is 1. The molecule has 2 aromatic heterocycles. The molecular weight excluding hydrogens is 466 g/mol. The molecule has 0 aliphatic carbocycles. The largest absolute Gasteiger partial charge is 0.486 e. The molecule has 3 aromatic carbocycles. The Morgan fingerprint density at radius 2 is 1.65 bits per heavy atom. The van der Waals surface area contributed by atoms with Gasteiger partial charge in [0.1, 0.15) is 13.2 Å². The predicted octanol–water partition coefficient (Wildman–Crippen LogP) is 5.14. The highest BCUT2D eigenvalue weighted by Gasteiger charge is 2.17. The quantitative estimate of drug-likeness (QED) is 0.370. The third-order valence-electron chi connectivity index (χ3n) is 6.26. The average Bonchev–Trinajstić information content (AvgIpc) is 2.94. The summed E-state index contributed by atoms with van der Waals surface area (Å²) in [5.41, 5.74) is 4.32. The number of para-hydroxylation sites is 1. The van der Waals surface area contributed by atoms with Crippen molar-refractivity contribution in [2.75, 3.05) is 18.5 Å². The molecule has 0 unspecified atom stereocenters. The van der Waals surface area contributed by atoms with Gasteiger partial charge in [0.05, 0.1) is 23.3 Å². The molecular formula is C30H23N3O4. The van der Waals surface area contributed by atoms with E-state index in [1.165, 1.54) is 6.07 Å². The molecule has 1 aliphatic heterocycles. The first-order chi connectivity index (χ1) is 18.1. The number of hydrogen-bond donors (Lipinski definition) is 1. The second kappa shape index (κ2) is 9.62. The van der Waals surface area contributed by atoms with E-state index in [9.17, 15) is 9.59 Å². The van der Waals surface area contributed by atoms with Gasteiger partial charge in [-0.25, -0.2) is 4.98 Å². The van der Waals surface area contributed by atoms with Crippen molar-refractivity contribution in [2.45, 2.75) is 6.54 Å². The highest BCUT2D eigenvalue weighted by Crippen LogP contribution is 2.35. The number of nitrogens with zero attached hydrogens (tertiary/aromatic N) is 2. The Balaban J connectivity index is 1.29. The number of pyridine rings is 2. The summed E-state index contributed by atoms with van der Waals surface area (Å²) in [5.74, 6) is 1.14. The van der Waals surface area contributed by atoms with Gasteiger partial charge in [-0.3, -0.25) is 9.59 Å². The molecule has 1 aliphatic rings. The van der Waals surface area contributed by atoms with Crippen molar-refractivity contribution in [2.24, 2.45) is 0 Å². The van der Waals surface area contributed by atoms with Crippen LogP contribution in [0.4, 0.5) is 5.69 Å². The summed E-state index contributed by atoms with van der Waals surface area (Å²) in [6.45, 7) is 1.48. The number of anilines is 1. The Morgan fingerprint density at radius 1 is 0.865 bits per heavy atom. The van der Waals surface area contributed by atoms with Crippen molar-refractivity contribution in [1.82, 2.24) is 9.55 Å².